The number of phenols is 1. The molecule has 3 N–H and O–H groups in total. The van der Waals surface area contributed by atoms with Crippen LogP contribution in [0.15, 0.2) is 18.2 Å². The molecule has 0 radical (unpaired) electrons. The average molecular weight is 202 g/mol. The Hall–Kier alpha value is -0.930. The highest BCUT2D eigenvalue weighted by atomic mass is 35.5. The van der Waals surface area contributed by atoms with Gasteiger partial charge in [-0.05, 0) is 12.1 Å². The minimum absolute atomic E-state index is 0. The lowest BCUT2D eigenvalue weighted by Gasteiger charge is -2.22. The summed E-state index contributed by atoms with van der Waals surface area (Å²) in [6.07, 6.45) is 0.153. The van der Waals surface area contributed by atoms with E-state index in [4.69, 9.17) is 0 Å². The van der Waals surface area contributed by atoms with E-state index in [2.05, 4.69) is 5.32 Å². The number of β-amino-alcohol motifs (C(OH)–C–C–N with tert-alkyl or cyclic N) is 1. The molecule has 72 valence electrons. The molecule has 0 fully saturated rings. The zero-order valence-corrected chi connectivity index (χ0v) is 7.84. The molecule has 13 heavy (non-hydrogen) atoms. The predicted molar refractivity (Wildman–Crippen MR) is 53.6 cm³/mol. The van der Waals surface area contributed by atoms with Gasteiger partial charge in [0.1, 0.15) is 5.75 Å². The molecule has 1 aliphatic rings. The monoisotopic (exact) mass is 201 g/mol. The van der Waals surface area contributed by atoms with Crippen LogP contribution >= 0.6 is 12.4 Å². The number of hydrogen-bond donors (Lipinski definition) is 3. The highest BCUT2D eigenvalue weighted by molar-refractivity contribution is 5.85. The maximum Gasteiger partial charge on any atom is 0.120 e. The number of aliphatic hydroxyl groups is 1. The molecular formula is C9H12ClNO2. The first-order chi connectivity index (χ1) is 5.77. The molecule has 1 heterocycles. The summed E-state index contributed by atoms with van der Waals surface area (Å²) in [6.45, 7) is 0.566. The average Bonchev–Trinajstić information content (AvgIpc) is 2.07. The Balaban J connectivity index is 0.000000845. The van der Waals surface area contributed by atoms with Gasteiger partial charge in [-0.25, -0.2) is 0 Å². The molecule has 1 unspecified atom stereocenters. The third-order valence-corrected chi connectivity index (χ3v) is 2.12. The van der Waals surface area contributed by atoms with Gasteiger partial charge in [0, 0.05) is 24.2 Å². The van der Waals surface area contributed by atoms with Crippen LogP contribution in [-0.4, -0.2) is 22.9 Å². The molecule has 0 amide bonds. The van der Waals surface area contributed by atoms with Crippen molar-refractivity contribution in [2.45, 2.75) is 12.5 Å². The summed E-state index contributed by atoms with van der Waals surface area (Å²) < 4.78 is 0. The number of fused-ring (bicyclic) bond motifs is 1. The lowest BCUT2D eigenvalue weighted by molar-refractivity contribution is 0.183. The smallest absolute Gasteiger partial charge is 0.120 e. The number of anilines is 1. The van der Waals surface area contributed by atoms with Gasteiger partial charge < -0.3 is 15.5 Å². The van der Waals surface area contributed by atoms with Crippen molar-refractivity contribution in [2.75, 3.05) is 11.9 Å². The van der Waals surface area contributed by atoms with Crippen molar-refractivity contribution in [1.82, 2.24) is 0 Å². The molecule has 0 saturated carbocycles. The van der Waals surface area contributed by atoms with Crippen molar-refractivity contribution in [3.63, 3.8) is 0 Å². The number of aromatic hydroxyl groups is 1. The fraction of sp³-hybridized carbons (Fsp3) is 0.333. The number of hydrogen-bond acceptors (Lipinski definition) is 3. The Morgan fingerprint density at radius 3 is 2.92 bits per heavy atom. The van der Waals surface area contributed by atoms with Crippen LogP contribution in [0, 0.1) is 0 Å². The molecule has 4 heteroatoms. The quantitative estimate of drug-likeness (QED) is 0.590. The zero-order valence-electron chi connectivity index (χ0n) is 7.03. The fourth-order valence-electron chi connectivity index (χ4n) is 1.49. The molecule has 0 aliphatic carbocycles. The molecule has 1 atom stereocenters. The number of nitrogens with one attached hydrogen (secondary N) is 1. The molecule has 0 aromatic heterocycles. The van der Waals surface area contributed by atoms with Gasteiger partial charge in [-0.15, -0.1) is 12.4 Å². The Morgan fingerprint density at radius 1 is 1.38 bits per heavy atom. The molecule has 0 saturated heterocycles. The minimum atomic E-state index is -0.384. The van der Waals surface area contributed by atoms with Gasteiger partial charge >= 0.3 is 0 Å². The number of benzene rings is 1. The van der Waals surface area contributed by atoms with Crippen LogP contribution in [0.4, 0.5) is 5.69 Å². The number of halogens is 1. The molecule has 1 aromatic rings. The van der Waals surface area contributed by atoms with Gasteiger partial charge in [0.05, 0.1) is 6.10 Å². The molecule has 2 rings (SSSR count). The second-order valence-electron chi connectivity index (χ2n) is 3.04. The summed E-state index contributed by atoms with van der Waals surface area (Å²) in [5.41, 5.74) is 1.75. The summed E-state index contributed by atoms with van der Waals surface area (Å²) >= 11 is 0. The Morgan fingerprint density at radius 2 is 2.15 bits per heavy atom. The van der Waals surface area contributed by atoms with E-state index in [0.29, 0.717) is 13.0 Å². The van der Waals surface area contributed by atoms with Crippen molar-refractivity contribution in [1.29, 1.82) is 0 Å². The van der Waals surface area contributed by atoms with Crippen molar-refractivity contribution in [3.8, 4) is 5.75 Å². The van der Waals surface area contributed by atoms with E-state index in [1.807, 2.05) is 6.07 Å². The van der Waals surface area contributed by atoms with Crippen LogP contribution in [0.5, 0.6) is 5.75 Å². The molecule has 0 bridgehead atoms. The Kier molecular flexibility index (Phi) is 3.01. The highest BCUT2D eigenvalue weighted by Crippen LogP contribution is 2.29. The van der Waals surface area contributed by atoms with Crippen molar-refractivity contribution < 1.29 is 10.2 Å². The first kappa shape index (κ1) is 10.2. The van der Waals surface area contributed by atoms with Gasteiger partial charge in [-0.3, -0.25) is 0 Å². The van der Waals surface area contributed by atoms with E-state index < -0.39 is 0 Å². The van der Waals surface area contributed by atoms with Crippen molar-refractivity contribution in [3.05, 3.63) is 23.8 Å². The number of phenolic OH excluding ortho intramolecular Hbond substituents is 1. The van der Waals surface area contributed by atoms with E-state index in [0.717, 1.165) is 11.3 Å². The van der Waals surface area contributed by atoms with E-state index in [-0.39, 0.29) is 24.3 Å². The van der Waals surface area contributed by atoms with E-state index in [1.165, 1.54) is 0 Å². The van der Waals surface area contributed by atoms with Crippen LogP contribution in [0.3, 0.4) is 0 Å². The topological polar surface area (TPSA) is 52.5 Å². The molecule has 1 aromatic carbocycles. The standard InChI is InChI=1S/C9H11NO2.ClH/c11-6-4-7-8(10-5-6)2-1-3-9(7)12;/h1-3,6,10-12H,4-5H2;1H. The third-order valence-electron chi connectivity index (χ3n) is 2.12. The van der Waals surface area contributed by atoms with E-state index >= 15 is 0 Å². The van der Waals surface area contributed by atoms with Crippen LogP contribution in [0.25, 0.3) is 0 Å². The Bertz CT molecular complexity index is 304. The Labute approximate surface area is 82.8 Å². The first-order valence-electron chi connectivity index (χ1n) is 4.00. The minimum Gasteiger partial charge on any atom is -0.508 e. The summed E-state index contributed by atoms with van der Waals surface area (Å²) in [4.78, 5) is 0. The van der Waals surface area contributed by atoms with Gasteiger partial charge in [0.15, 0.2) is 0 Å². The summed E-state index contributed by atoms with van der Waals surface area (Å²) in [5, 5.41) is 21.8. The zero-order chi connectivity index (χ0) is 8.55. The van der Waals surface area contributed by atoms with E-state index in [1.54, 1.807) is 12.1 Å². The number of aliphatic hydroxyl groups excluding tert-OH is 1. The maximum atomic E-state index is 9.42. The molecular weight excluding hydrogens is 190 g/mol. The summed E-state index contributed by atoms with van der Waals surface area (Å²) in [7, 11) is 0. The second-order valence-corrected chi connectivity index (χ2v) is 3.04. The fourth-order valence-corrected chi connectivity index (χ4v) is 1.49. The maximum absolute atomic E-state index is 9.42. The molecule has 0 spiro atoms. The molecule has 3 nitrogen and oxygen atoms in total. The summed E-state index contributed by atoms with van der Waals surface area (Å²) in [6, 6.07) is 5.33. The van der Waals surface area contributed by atoms with Crippen molar-refractivity contribution in [2.24, 2.45) is 0 Å². The van der Waals surface area contributed by atoms with Crippen LogP contribution < -0.4 is 5.32 Å². The normalized spacial score (nSPS) is 19.6. The highest BCUT2D eigenvalue weighted by Gasteiger charge is 2.17. The largest absolute Gasteiger partial charge is 0.508 e. The molecule has 1 aliphatic heterocycles. The van der Waals surface area contributed by atoms with E-state index in [9.17, 15) is 10.2 Å². The third kappa shape index (κ3) is 1.87. The van der Waals surface area contributed by atoms with Crippen LogP contribution in [0.1, 0.15) is 5.56 Å². The number of rotatable bonds is 0. The lowest BCUT2D eigenvalue weighted by Crippen LogP contribution is -2.27. The lowest BCUT2D eigenvalue weighted by atomic mass is 10.0. The first-order valence-corrected chi connectivity index (χ1v) is 4.00. The SMILES string of the molecule is Cl.Oc1cccc2c1CC(O)CN2. The second kappa shape index (κ2) is 3.85. The summed E-state index contributed by atoms with van der Waals surface area (Å²) in [5.74, 6) is 0.263. The van der Waals surface area contributed by atoms with Gasteiger partial charge in [-0.1, -0.05) is 6.07 Å². The predicted octanol–water partition coefficient (Wildman–Crippen LogP) is 1.14. The van der Waals surface area contributed by atoms with Gasteiger partial charge in [0.25, 0.3) is 0 Å². The van der Waals surface area contributed by atoms with Gasteiger partial charge in [0.2, 0.25) is 0 Å². The van der Waals surface area contributed by atoms with Crippen LogP contribution in [-0.2, 0) is 6.42 Å². The van der Waals surface area contributed by atoms with Gasteiger partial charge in [-0.2, -0.15) is 0 Å². The van der Waals surface area contributed by atoms with Crippen molar-refractivity contribution >= 4 is 18.1 Å². The van der Waals surface area contributed by atoms with Crippen LogP contribution in [0.2, 0.25) is 0 Å².